The van der Waals surface area contributed by atoms with E-state index in [4.69, 9.17) is 22.2 Å². The van der Waals surface area contributed by atoms with Gasteiger partial charge in [0.25, 0.3) is 0 Å². The van der Waals surface area contributed by atoms with Crippen molar-refractivity contribution in [1.82, 2.24) is 9.97 Å². The van der Waals surface area contributed by atoms with E-state index in [1.807, 2.05) is 0 Å². The molecule has 21 heavy (non-hydrogen) atoms. The van der Waals surface area contributed by atoms with Crippen LogP contribution in [-0.4, -0.2) is 14.9 Å². The highest BCUT2D eigenvalue weighted by Gasteiger charge is 2.24. The lowest BCUT2D eigenvalue weighted by Gasteiger charge is -2.10. The first kappa shape index (κ1) is 14.9. The number of benzene rings is 1. The number of rotatable bonds is 4. The number of nitro groups is 1. The molecular formula is C12H12ClN5O3. The van der Waals surface area contributed by atoms with Crippen molar-refractivity contribution < 1.29 is 9.66 Å². The molecule has 0 spiro atoms. The molecule has 1 aromatic carbocycles. The number of halogens is 1. The average molecular weight is 310 g/mol. The van der Waals surface area contributed by atoms with Gasteiger partial charge in [0.15, 0.2) is 0 Å². The number of anilines is 1. The van der Waals surface area contributed by atoms with E-state index < -0.39 is 4.92 Å². The minimum atomic E-state index is -0.601. The molecule has 0 aliphatic carbocycles. The molecule has 0 saturated carbocycles. The number of ether oxygens (including phenoxy) is 1. The lowest BCUT2D eigenvalue weighted by atomic mass is 10.2. The van der Waals surface area contributed by atoms with E-state index in [1.54, 1.807) is 25.1 Å². The normalized spacial score (nSPS) is 10.3. The molecule has 8 nitrogen and oxygen atoms in total. The molecule has 1 heterocycles. The van der Waals surface area contributed by atoms with Gasteiger partial charge in [0.1, 0.15) is 11.4 Å². The van der Waals surface area contributed by atoms with Crippen LogP contribution in [0.2, 0.25) is 5.02 Å². The third-order valence-corrected chi connectivity index (χ3v) is 2.92. The Morgan fingerprint density at radius 2 is 2.10 bits per heavy atom. The molecule has 0 aliphatic rings. The molecule has 1 aromatic heterocycles. The van der Waals surface area contributed by atoms with Crippen LogP contribution in [0.25, 0.3) is 0 Å². The van der Waals surface area contributed by atoms with E-state index in [9.17, 15) is 10.1 Å². The maximum atomic E-state index is 11.1. The van der Waals surface area contributed by atoms with Crippen molar-refractivity contribution in [3.05, 3.63) is 44.6 Å². The SMILES string of the molecule is Cc1cc(Cl)ccc1Oc1nc(NN)nc(C)c1[N+](=O)[O-]. The third kappa shape index (κ3) is 3.18. The third-order valence-electron chi connectivity index (χ3n) is 2.68. The fraction of sp³-hybridized carbons (Fsp3) is 0.167. The second-order valence-electron chi connectivity index (χ2n) is 4.20. The smallest absolute Gasteiger partial charge is 0.352 e. The van der Waals surface area contributed by atoms with E-state index in [0.29, 0.717) is 10.8 Å². The van der Waals surface area contributed by atoms with Crippen molar-refractivity contribution in [3.63, 3.8) is 0 Å². The topological polar surface area (TPSA) is 116 Å². The van der Waals surface area contributed by atoms with Gasteiger partial charge in [-0.25, -0.2) is 10.8 Å². The maximum Gasteiger partial charge on any atom is 0.352 e. The number of nitrogens with two attached hydrogens (primary N) is 1. The summed E-state index contributed by atoms with van der Waals surface area (Å²) < 4.78 is 5.53. The molecule has 110 valence electrons. The molecule has 0 atom stereocenters. The van der Waals surface area contributed by atoms with Crippen LogP contribution in [0, 0.1) is 24.0 Å². The molecule has 0 fully saturated rings. The molecule has 0 amide bonds. The van der Waals surface area contributed by atoms with Crippen LogP contribution >= 0.6 is 11.6 Å². The van der Waals surface area contributed by atoms with Crippen molar-refractivity contribution in [2.75, 3.05) is 5.43 Å². The summed E-state index contributed by atoms with van der Waals surface area (Å²) in [7, 11) is 0. The summed E-state index contributed by atoms with van der Waals surface area (Å²) >= 11 is 5.86. The average Bonchev–Trinajstić information content (AvgIpc) is 2.40. The number of hydrogen-bond donors (Lipinski definition) is 2. The Morgan fingerprint density at radius 1 is 1.38 bits per heavy atom. The standard InChI is InChI=1S/C12H12ClN5O3/c1-6-5-8(13)3-4-9(6)21-11-10(18(19)20)7(2)15-12(16-11)17-14/h3-5H,14H2,1-2H3,(H,15,16,17). The molecule has 2 rings (SSSR count). The predicted octanol–water partition coefficient (Wildman–Crippen LogP) is 2.73. The van der Waals surface area contributed by atoms with Gasteiger partial charge < -0.3 is 4.74 Å². The summed E-state index contributed by atoms with van der Waals surface area (Å²) in [6, 6.07) is 4.90. The van der Waals surface area contributed by atoms with E-state index >= 15 is 0 Å². The molecule has 9 heteroatoms. The maximum absolute atomic E-state index is 11.1. The Labute approximate surface area is 125 Å². The Hall–Kier alpha value is -2.45. The van der Waals surface area contributed by atoms with Gasteiger partial charge in [0.05, 0.1) is 4.92 Å². The number of hydrogen-bond acceptors (Lipinski definition) is 7. The van der Waals surface area contributed by atoms with E-state index in [2.05, 4.69) is 15.4 Å². The van der Waals surface area contributed by atoms with Crippen molar-refractivity contribution in [2.45, 2.75) is 13.8 Å². The van der Waals surface area contributed by atoms with Crippen LogP contribution in [0.4, 0.5) is 11.6 Å². The summed E-state index contributed by atoms with van der Waals surface area (Å²) in [6.07, 6.45) is 0. The molecule has 0 radical (unpaired) electrons. The highest BCUT2D eigenvalue weighted by Crippen LogP contribution is 2.34. The van der Waals surface area contributed by atoms with Crippen molar-refractivity contribution in [3.8, 4) is 11.6 Å². The largest absolute Gasteiger partial charge is 0.433 e. The number of hydrazine groups is 1. The zero-order valence-electron chi connectivity index (χ0n) is 11.3. The summed E-state index contributed by atoms with van der Waals surface area (Å²) in [5.41, 5.74) is 2.78. The summed E-state index contributed by atoms with van der Waals surface area (Å²) in [5, 5.41) is 11.7. The van der Waals surface area contributed by atoms with Crippen LogP contribution in [0.1, 0.15) is 11.3 Å². The quantitative estimate of drug-likeness (QED) is 0.506. The summed E-state index contributed by atoms with van der Waals surface area (Å²) in [6.45, 7) is 3.24. The zero-order chi connectivity index (χ0) is 15.6. The minimum Gasteiger partial charge on any atom is -0.433 e. The molecule has 3 N–H and O–H groups in total. The Bertz CT molecular complexity index is 708. The van der Waals surface area contributed by atoms with Gasteiger partial charge in [0.2, 0.25) is 5.95 Å². The molecule has 0 aliphatic heterocycles. The lowest BCUT2D eigenvalue weighted by Crippen LogP contribution is -2.12. The van der Waals surface area contributed by atoms with Gasteiger partial charge in [-0.1, -0.05) is 11.6 Å². The minimum absolute atomic E-state index is 0.0275. The Kier molecular flexibility index (Phi) is 4.20. The number of nitrogens with zero attached hydrogens (tertiary/aromatic N) is 3. The number of nitrogens with one attached hydrogen (secondary N) is 1. The van der Waals surface area contributed by atoms with Crippen LogP contribution in [0.5, 0.6) is 11.6 Å². The van der Waals surface area contributed by atoms with Gasteiger partial charge in [-0.3, -0.25) is 15.5 Å². The second-order valence-corrected chi connectivity index (χ2v) is 4.64. The number of nitrogen functional groups attached to an aromatic ring is 1. The van der Waals surface area contributed by atoms with Gasteiger partial charge in [-0.05, 0) is 37.6 Å². The molecule has 2 aromatic rings. The first-order valence-corrected chi connectivity index (χ1v) is 6.24. The van der Waals surface area contributed by atoms with Crippen LogP contribution < -0.4 is 16.0 Å². The van der Waals surface area contributed by atoms with Crippen molar-refractivity contribution >= 4 is 23.2 Å². The van der Waals surface area contributed by atoms with E-state index in [0.717, 1.165) is 5.56 Å². The Morgan fingerprint density at radius 3 is 2.67 bits per heavy atom. The molecule has 0 saturated heterocycles. The van der Waals surface area contributed by atoms with E-state index in [-0.39, 0.29) is 23.2 Å². The predicted molar refractivity (Wildman–Crippen MR) is 77.5 cm³/mol. The number of aromatic nitrogens is 2. The van der Waals surface area contributed by atoms with Gasteiger partial charge in [-0.15, -0.1) is 0 Å². The van der Waals surface area contributed by atoms with Crippen LogP contribution in [-0.2, 0) is 0 Å². The zero-order valence-corrected chi connectivity index (χ0v) is 12.0. The monoisotopic (exact) mass is 309 g/mol. The summed E-state index contributed by atoms with van der Waals surface area (Å²) in [5.74, 6) is 5.48. The van der Waals surface area contributed by atoms with Gasteiger partial charge in [-0.2, -0.15) is 4.98 Å². The summed E-state index contributed by atoms with van der Waals surface area (Å²) in [4.78, 5) is 18.3. The lowest BCUT2D eigenvalue weighted by molar-refractivity contribution is -0.386. The fourth-order valence-electron chi connectivity index (χ4n) is 1.72. The fourth-order valence-corrected chi connectivity index (χ4v) is 1.94. The van der Waals surface area contributed by atoms with E-state index in [1.165, 1.54) is 6.92 Å². The second kappa shape index (κ2) is 5.90. The molecule has 0 bridgehead atoms. The molecular weight excluding hydrogens is 298 g/mol. The Balaban J connectivity index is 2.51. The van der Waals surface area contributed by atoms with Gasteiger partial charge in [0, 0.05) is 5.02 Å². The molecule has 0 unspecified atom stereocenters. The highest BCUT2D eigenvalue weighted by atomic mass is 35.5. The first-order valence-electron chi connectivity index (χ1n) is 5.86. The van der Waals surface area contributed by atoms with Crippen molar-refractivity contribution in [1.29, 1.82) is 0 Å². The highest BCUT2D eigenvalue weighted by molar-refractivity contribution is 6.30. The van der Waals surface area contributed by atoms with Crippen molar-refractivity contribution in [2.24, 2.45) is 5.84 Å². The first-order chi connectivity index (χ1) is 9.92. The van der Waals surface area contributed by atoms with Crippen LogP contribution in [0.3, 0.4) is 0 Å². The van der Waals surface area contributed by atoms with Gasteiger partial charge >= 0.3 is 11.6 Å². The number of aryl methyl sites for hydroxylation is 2. The van der Waals surface area contributed by atoms with Crippen LogP contribution in [0.15, 0.2) is 18.2 Å².